The van der Waals surface area contributed by atoms with Crippen LogP contribution in [0.1, 0.15) is 29.7 Å². The molecule has 2 aromatic carbocycles. The second-order valence-electron chi connectivity index (χ2n) is 6.86. The normalized spacial score (nSPS) is 25.6. The Morgan fingerprint density at radius 3 is 2.46 bits per heavy atom. The fraction of sp³-hybridized carbons (Fsp3) is 0.429. The van der Waals surface area contributed by atoms with Crippen molar-refractivity contribution in [3.63, 3.8) is 0 Å². The van der Waals surface area contributed by atoms with Crippen molar-refractivity contribution in [3.8, 4) is 5.75 Å². The molecule has 0 bridgehead atoms. The maximum Gasteiger partial charge on any atom is 0.119 e. The highest BCUT2D eigenvalue weighted by Gasteiger charge is 2.46. The van der Waals surface area contributed by atoms with Crippen molar-refractivity contribution in [1.82, 2.24) is 0 Å². The lowest BCUT2D eigenvalue weighted by Crippen LogP contribution is -2.40. The number of aliphatic hydroxyl groups excluding tert-OH is 4. The SMILES string of the molecule is CCOc1ccc(Cc2cc(C3O[C@H]([C@H](O)CO)[C@H](O)[C@H]3O)ccc2Cl)cc1. The summed E-state index contributed by atoms with van der Waals surface area (Å²) in [6.07, 6.45) is -5.09. The lowest BCUT2D eigenvalue weighted by atomic mass is 9.96. The van der Waals surface area contributed by atoms with Crippen LogP contribution < -0.4 is 4.74 Å². The third-order valence-electron chi connectivity index (χ3n) is 4.89. The number of benzene rings is 2. The molecule has 3 rings (SSSR count). The average molecular weight is 409 g/mol. The molecule has 0 amide bonds. The van der Waals surface area contributed by atoms with E-state index < -0.39 is 37.1 Å². The van der Waals surface area contributed by atoms with Crippen LogP contribution >= 0.6 is 11.6 Å². The molecule has 7 heteroatoms. The van der Waals surface area contributed by atoms with E-state index in [0.717, 1.165) is 16.9 Å². The first-order chi connectivity index (χ1) is 13.4. The quantitative estimate of drug-likeness (QED) is 0.558. The minimum absolute atomic E-state index is 0.565. The molecule has 0 aromatic heterocycles. The van der Waals surface area contributed by atoms with Crippen molar-refractivity contribution < 1.29 is 29.9 Å². The van der Waals surface area contributed by atoms with Crippen LogP contribution in [0.2, 0.25) is 5.02 Å². The standard InChI is InChI=1S/C21H25ClO6/c1-2-27-15-6-3-12(4-7-15)9-14-10-13(5-8-16(14)22)20-18(25)19(26)21(28-20)17(24)11-23/h3-8,10,17-21,23-26H,2,9,11H2,1H3/t17-,18-,19-,20?,21-/m1/s1. The molecule has 0 aliphatic carbocycles. The summed E-state index contributed by atoms with van der Waals surface area (Å²) in [7, 11) is 0. The van der Waals surface area contributed by atoms with E-state index in [1.807, 2.05) is 37.3 Å². The van der Waals surface area contributed by atoms with Crippen molar-refractivity contribution in [2.75, 3.05) is 13.2 Å². The van der Waals surface area contributed by atoms with Gasteiger partial charge in [0.2, 0.25) is 0 Å². The van der Waals surface area contributed by atoms with Gasteiger partial charge in [0.15, 0.2) is 0 Å². The van der Waals surface area contributed by atoms with Crippen molar-refractivity contribution in [2.24, 2.45) is 0 Å². The summed E-state index contributed by atoms with van der Waals surface area (Å²) in [6.45, 7) is 1.97. The lowest BCUT2D eigenvalue weighted by Gasteiger charge is -2.19. The Hall–Kier alpha value is -1.67. The Morgan fingerprint density at radius 1 is 1.11 bits per heavy atom. The van der Waals surface area contributed by atoms with Crippen molar-refractivity contribution in [2.45, 2.75) is 43.9 Å². The van der Waals surface area contributed by atoms with E-state index in [-0.39, 0.29) is 0 Å². The van der Waals surface area contributed by atoms with Gasteiger partial charge in [-0.2, -0.15) is 0 Å². The van der Waals surface area contributed by atoms with E-state index >= 15 is 0 Å². The molecule has 28 heavy (non-hydrogen) atoms. The van der Waals surface area contributed by atoms with E-state index in [2.05, 4.69) is 0 Å². The molecule has 1 aliphatic rings. The van der Waals surface area contributed by atoms with Gasteiger partial charge < -0.3 is 29.9 Å². The van der Waals surface area contributed by atoms with Gasteiger partial charge >= 0.3 is 0 Å². The predicted molar refractivity (Wildman–Crippen MR) is 105 cm³/mol. The smallest absolute Gasteiger partial charge is 0.119 e. The second kappa shape index (κ2) is 9.22. The first-order valence-corrected chi connectivity index (χ1v) is 9.63. The highest BCUT2D eigenvalue weighted by Crippen LogP contribution is 2.36. The van der Waals surface area contributed by atoms with Gasteiger partial charge in [-0.05, 0) is 48.2 Å². The molecular formula is C21H25ClO6. The van der Waals surface area contributed by atoms with Gasteiger partial charge in [-0.15, -0.1) is 0 Å². The van der Waals surface area contributed by atoms with E-state index in [0.29, 0.717) is 23.6 Å². The van der Waals surface area contributed by atoms with Crippen molar-refractivity contribution >= 4 is 11.6 Å². The van der Waals surface area contributed by atoms with Crippen LogP contribution in [-0.4, -0.2) is 58.1 Å². The summed E-state index contributed by atoms with van der Waals surface area (Å²) in [5.74, 6) is 0.802. The molecule has 5 atom stereocenters. The van der Waals surface area contributed by atoms with Crippen molar-refractivity contribution in [1.29, 1.82) is 0 Å². The lowest BCUT2D eigenvalue weighted by molar-refractivity contribution is -0.0820. The molecule has 4 N–H and O–H groups in total. The van der Waals surface area contributed by atoms with Crippen LogP contribution in [0.15, 0.2) is 42.5 Å². The highest BCUT2D eigenvalue weighted by molar-refractivity contribution is 6.31. The number of rotatable bonds is 7. The maximum atomic E-state index is 10.3. The van der Waals surface area contributed by atoms with E-state index in [4.69, 9.17) is 26.2 Å². The van der Waals surface area contributed by atoms with Gasteiger partial charge in [-0.3, -0.25) is 0 Å². The van der Waals surface area contributed by atoms with Crippen LogP contribution in [0.5, 0.6) is 5.75 Å². The molecule has 1 aliphatic heterocycles. The molecule has 152 valence electrons. The van der Waals surface area contributed by atoms with Crippen molar-refractivity contribution in [3.05, 3.63) is 64.2 Å². The Bertz CT molecular complexity index is 781. The van der Waals surface area contributed by atoms with Crippen LogP contribution in [-0.2, 0) is 11.2 Å². The monoisotopic (exact) mass is 408 g/mol. The number of hydrogen-bond acceptors (Lipinski definition) is 6. The van der Waals surface area contributed by atoms with E-state index in [9.17, 15) is 15.3 Å². The topological polar surface area (TPSA) is 99.4 Å². The largest absolute Gasteiger partial charge is 0.494 e. The third kappa shape index (κ3) is 4.49. The van der Waals surface area contributed by atoms with Gasteiger partial charge in [-0.1, -0.05) is 35.9 Å². The van der Waals surface area contributed by atoms with E-state index in [1.54, 1.807) is 12.1 Å². The van der Waals surface area contributed by atoms with E-state index in [1.165, 1.54) is 0 Å². The molecule has 0 saturated carbocycles. The Balaban J connectivity index is 1.79. The van der Waals surface area contributed by atoms with Gasteiger partial charge in [-0.25, -0.2) is 0 Å². The molecule has 0 spiro atoms. The zero-order valence-corrected chi connectivity index (χ0v) is 16.3. The molecule has 6 nitrogen and oxygen atoms in total. The predicted octanol–water partition coefficient (Wildman–Crippen LogP) is 1.84. The Morgan fingerprint density at radius 2 is 1.82 bits per heavy atom. The molecule has 2 aromatic rings. The number of aliphatic hydroxyl groups is 4. The number of ether oxygens (including phenoxy) is 2. The van der Waals surface area contributed by atoms with Crippen LogP contribution in [0.4, 0.5) is 0 Å². The summed E-state index contributed by atoms with van der Waals surface area (Å²) in [6, 6.07) is 13.0. The molecule has 0 radical (unpaired) electrons. The average Bonchev–Trinajstić information content (AvgIpc) is 3.00. The molecule has 1 unspecified atom stereocenters. The van der Waals surface area contributed by atoms with Gasteiger partial charge in [0, 0.05) is 5.02 Å². The van der Waals surface area contributed by atoms with Gasteiger partial charge in [0.05, 0.1) is 13.2 Å². The first kappa shape index (κ1) is 21.0. The number of hydrogen-bond donors (Lipinski definition) is 4. The van der Waals surface area contributed by atoms with Gasteiger partial charge in [0.25, 0.3) is 0 Å². The molecule has 1 heterocycles. The minimum atomic E-state index is -1.29. The fourth-order valence-corrected chi connectivity index (χ4v) is 3.58. The molecule has 1 fully saturated rings. The summed E-state index contributed by atoms with van der Waals surface area (Å²) < 4.78 is 11.1. The van der Waals surface area contributed by atoms with Crippen LogP contribution in [0.3, 0.4) is 0 Å². The van der Waals surface area contributed by atoms with Crippen LogP contribution in [0, 0.1) is 0 Å². The second-order valence-corrected chi connectivity index (χ2v) is 7.26. The zero-order valence-electron chi connectivity index (χ0n) is 15.5. The highest BCUT2D eigenvalue weighted by atomic mass is 35.5. The maximum absolute atomic E-state index is 10.3. The summed E-state index contributed by atoms with van der Waals surface area (Å²) in [5, 5.41) is 40.0. The third-order valence-corrected chi connectivity index (χ3v) is 5.26. The number of halogens is 1. The molecular weight excluding hydrogens is 384 g/mol. The molecule has 1 saturated heterocycles. The van der Waals surface area contributed by atoms with Crippen LogP contribution in [0.25, 0.3) is 0 Å². The Labute approximate surface area is 168 Å². The summed E-state index contributed by atoms with van der Waals surface area (Å²) in [5.41, 5.74) is 2.54. The summed E-state index contributed by atoms with van der Waals surface area (Å²) >= 11 is 6.35. The van der Waals surface area contributed by atoms with Gasteiger partial charge in [0.1, 0.15) is 36.3 Å². The minimum Gasteiger partial charge on any atom is -0.494 e. The summed E-state index contributed by atoms with van der Waals surface area (Å²) in [4.78, 5) is 0. The first-order valence-electron chi connectivity index (χ1n) is 9.25. The zero-order chi connectivity index (χ0) is 20.3. The Kier molecular flexibility index (Phi) is 6.93. The fourth-order valence-electron chi connectivity index (χ4n) is 3.40.